The van der Waals surface area contributed by atoms with Crippen LogP contribution in [0.1, 0.15) is 19.4 Å². The van der Waals surface area contributed by atoms with Crippen molar-refractivity contribution >= 4 is 5.97 Å². The molecule has 1 aromatic carbocycles. The molecule has 1 atom stereocenters. The highest BCUT2D eigenvalue weighted by atomic mass is 16.5. The monoisotopic (exact) mass is 202 g/mol. The minimum absolute atomic E-state index is 0.270. The summed E-state index contributed by atoms with van der Waals surface area (Å²) in [7, 11) is 0. The average molecular weight is 202 g/mol. The summed E-state index contributed by atoms with van der Waals surface area (Å²) in [5.41, 5.74) is 0.988. The minimum Gasteiger partial charge on any atom is -0.460 e. The molecule has 0 spiro atoms. The molecule has 15 heavy (non-hydrogen) atoms. The first-order valence-corrected chi connectivity index (χ1v) is 4.87. The van der Waals surface area contributed by atoms with E-state index < -0.39 is 0 Å². The van der Waals surface area contributed by atoms with Gasteiger partial charge in [0, 0.05) is 0 Å². The van der Waals surface area contributed by atoms with Gasteiger partial charge in [-0.05, 0) is 19.4 Å². The van der Waals surface area contributed by atoms with Gasteiger partial charge in [-0.15, -0.1) is 5.92 Å². The molecular formula is C13H14O2. The molecule has 0 aliphatic heterocycles. The van der Waals surface area contributed by atoms with Crippen molar-refractivity contribution in [3.8, 4) is 11.8 Å². The zero-order valence-electron chi connectivity index (χ0n) is 8.99. The third-order valence-corrected chi connectivity index (χ3v) is 1.94. The van der Waals surface area contributed by atoms with Crippen molar-refractivity contribution in [3.05, 3.63) is 35.9 Å². The average Bonchev–Trinajstić information content (AvgIpc) is 2.27. The van der Waals surface area contributed by atoms with E-state index in [1.807, 2.05) is 30.3 Å². The Labute approximate surface area is 90.3 Å². The first-order chi connectivity index (χ1) is 7.24. The molecule has 0 aromatic heterocycles. The lowest BCUT2D eigenvalue weighted by atomic mass is 10.2. The van der Waals surface area contributed by atoms with Gasteiger partial charge in [0.05, 0.1) is 0 Å². The van der Waals surface area contributed by atoms with E-state index in [1.54, 1.807) is 13.8 Å². The predicted octanol–water partition coefficient (Wildman–Crippen LogP) is 2.39. The van der Waals surface area contributed by atoms with E-state index in [2.05, 4.69) is 11.8 Å². The van der Waals surface area contributed by atoms with Crippen LogP contribution < -0.4 is 0 Å². The molecular weight excluding hydrogens is 188 g/mol. The van der Waals surface area contributed by atoms with Gasteiger partial charge in [-0.2, -0.15) is 0 Å². The molecule has 2 heteroatoms. The summed E-state index contributed by atoms with van der Waals surface area (Å²) < 4.78 is 5.10. The summed E-state index contributed by atoms with van der Waals surface area (Å²) >= 11 is 0. The molecule has 0 saturated carbocycles. The predicted molar refractivity (Wildman–Crippen MR) is 58.9 cm³/mol. The van der Waals surface area contributed by atoms with Gasteiger partial charge in [0.15, 0.2) is 0 Å². The number of ether oxygens (including phenoxy) is 1. The molecule has 2 nitrogen and oxygen atoms in total. The molecule has 0 heterocycles. The molecule has 0 aliphatic carbocycles. The van der Waals surface area contributed by atoms with E-state index in [9.17, 15) is 4.79 Å². The normalized spacial score (nSPS) is 11.1. The van der Waals surface area contributed by atoms with Crippen LogP contribution in [0.4, 0.5) is 0 Å². The summed E-state index contributed by atoms with van der Waals surface area (Å²) in [6.45, 7) is 3.76. The van der Waals surface area contributed by atoms with Gasteiger partial charge >= 0.3 is 5.97 Å². The zero-order valence-corrected chi connectivity index (χ0v) is 8.99. The van der Waals surface area contributed by atoms with E-state index in [0.717, 1.165) is 5.56 Å². The Balaban J connectivity index is 2.43. The second-order valence-electron chi connectivity index (χ2n) is 3.21. The number of benzene rings is 1. The highest BCUT2D eigenvalue weighted by Crippen LogP contribution is 2.03. The first kappa shape index (κ1) is 11.3. The molecule has 0 N–H and O–H groups in total. The van der Waals surface area contributed by atoms with Crippen LogP contribution in [0.15, 0.2) is 30.3 Å². The Morgan fingerprint density at radius 3 is 2.67 bits per heavy atom. The number of hydrogen-bond donors (Lipinski definition) is 0. The van der Waals surface area contributed by atoms with Gasteiger partial charge in [-0.3, -0.25) is 4.79 Å². The van der Waals surface area contributed by atoms with Gasteiger partial charge in [0.25, 0.3) is 0 Å². The maximum Gasteiger partial charge on any atom is 0.321 e. The fraction of sp³-hybridized carbons (Fsp3) is 0.308. The van der Waals surface area contributed by atoms with Gasteiger partial charge in [0.1, 0.15) is 12.5 Å². The van der Waals surface area contributed by atoms with Crippen molar-refractivity contribution in [2.45, 2.75) is 20.5 Å². The zero-order chi connectivity index (χ0) is 11.1. The second-order valence-corrected chi connectivity index (χ2v) is 3.21. The van der Waals surface area contributed by atoms with Gasteiger partial charge in [-0.25, -0.2) is 0 Å². The maximum atomic E-state index is 11.4. The van der Waals surface area contributed by atoms with Crippen LogP contribution in [-0.2, 0) is 16.1 Å². The van der Waals surface area contributed by atoms with Crippen molar-refractivity contribution in [3.63, 3.8) is 0 Å². The number of rotatable bonds is 3. The largest absolute Gasteiger partial charge is 0.460 e. The lowest BCUT2D eigenvalue weighted by molar-refractivity contribution is -0.147. The molecule has 0 bridgehead atoms. The summed E-state index contributed by atoms with van der Waals surface area (Å²) in [5, 5.41) is 0. The molecule has 1 rings (SSSR count). The van der Waals surface area contributed by atoms with Crippen LogP contribution >= 0.6 is 0 Å². The molecule has 0 radical (unpaired) electrons. The summed E-state index contributed by atoms with van der Waals surface area (Å²) in [6.07, 6.45) is 0. The smallest absolute Gasteiger partial charge is 0.321 e. The molecule has 1 aromatic rings. The highest BCUT2D eigenvalue weighted by molar-refractivity contribution is 5.75. The Bertz CT molecular complexity index is 371. The van der Waals surface area contributed by atoms with E-state index in [1.165, 1.54) is 0 Å². The number of carbonyl (C=O) groups is 1. The quantitative estimate of drug-likeness (QED) is 0.555. The van der Waals surface area contributed by atoms with Crippen LogP contribution in [0.2, 0.25) is 0 Å². The van der Waals surface area contributed by atoms with Crippen molar-refractivity contribution in [1.82, 2.24) is 0 Å². The fourth-order valence-corrected chi connectivity index (χ4v) is 1.13. The molecule has 0 fully saturated rings. The summed E-state index contributed by atoms with van der Waals surface area (Å²) in [4.78, 5) is 11.4. The standard InChI is InChI=1S/C13H14O2/c1-3-7-11(2)13(14)15-10-12-8-5-4-6-9-12/h4-6,8-9,11H,10H2,1-2H3. The summed E-state index contributed by atoms with van der Waals surface area (Å²) in [5.74, 6) is 4.83. The van der Waals surface area contributed by atoms with Crippen LogP contribution in [0, 0.1) is 17.8 Å². The second kappa shape index (κ2) is 5.87. The van der Waals surface area contributed by atoms with Crippen molar-refractivity contribution < 1.29 is 9.53 Å². The van der Waals surface area contributed by atoms with Crippen LogP contribution in [0.25, 0.3) is 0 Å². The Morgan fingerprint density at radius 1 is 1.40 bits per heavy atom. The van der Waals surface area contributed by atoms with Gasteiger partial charge < -0.3 is 4.74 Å². The van der Waals surface area contributed by atoms with Crippen LogP contribution in [0.5, 0.6) is 0 Å². The molecule has 1 unspecified atom stereocenters. The topological polar surface area (TPSA) is 26.3 Å². The molecule has 78 valence electrons. The first-order valence-electron chi connectivity index (χ1n) is 4.87. The number of hydrogen-bond acceptors (Lipinski definition) is 2. The SMILES string of the molecule is CC#CC(C)C(=O)OCc1ccccc1. The van der Waals surface area contributed by atoms with Crippen LogP contribution in [0.3, 0.4) is 0 Å². The lowest BCUT2D eigenvalue weighted by Crippen LogP contribution is -2.12. The van der Waals surface area contributed by atoms with E-state index in [4.69, 9.17) is 4.74 Å². The lowest BCUT2D eigenvalue weighted by Gasteiger charge is -2.06. The van der Waals surface area contributed by atoms with E-state index >= 15 is 0 Å². The van der Waals surface area contributed by atoms with Gasteiger partial charge in [0.2, 0.25) is 0 Å². The van der Waals surface area contributed by atoms with Crippen molar-refractivity contribution in [2.24, 2.45) is 5.92 Å². The highest BCUT2D eigenvalue weighted by Gasteiger charge is 2.10. The molecule has 0 aliphatic rings. The summed E-state index contributed by atoms with van der Waals surface area (Å²) in [6, 6.07) is 9.60. The minimum atomic E-state index is -0.348. The van der Waals surface area contributed by atoms with Crippen molar-refractivity contribution in [1.29, 1.82) is 0 Å². The Hall–Kier alpha value is -1.75. The molecule has 0 amide bonds. The fourth-order valence-electron chi connectivity index (χ4n) is 1.13. The molecule has 0 saturated heterocycles. The van der Waals surface area contributed by atoms with Crippen LogP contribution in [-0.4, -0.2) is 5.97 Å². The Morgan fingerprint density at radius 2 is 2.07 bits per heavy atom. The maximum absolute atomic E-state index is 11.4. The third kappa shape index (κ3) is 3.86. The van der Waals surface area contributed by atoms with E-state index in [0.29, 0.717) is 6.61 Å². The Kier molecular flexibility index (Phi) is 4.43. The van der Waals surface area contributed by atoms with E-state index in [-0.39, 0.29) is 11.9 Å². The van der Waals surface area contributed by atoms with Crippen molar-refractivity contribution in [2.75, 3.05) is 0 Å². The third-order valence-electron chi connectivity index (χ3n) is 1.94. The number of carbonyl (C=O) groups excluding carboxylic acids is 1. The number of esters is 1. The van der Waals surface area contributed by atoms with Gasteiger partial charge in [-0.1, -0.05) is 36.3 Å².